The number of carbonyl (C=O) groups is 2. The van der Waals surface area contributed by atoms with Gasteiger partial charge in [-0.1, -0.05) is 31.0 Å². The molecule has 4 rings (SSSR count). The molecule has 1 unspecified atom stereocenters. The molecule has 1 amide bonds. The van der Waals surface area contributed by atoms with Gasteiger partial charge in [0.15, 0.2) is 0 Å². The van der Waals surface area contributed by atoms with Gasteiger partial charge in [0.1, 0.15) is 73.6 Å². The Hall–Kier alpha value is -4.19. The zero-order valence-electron chi connectivity index (χ0n) is 44.2. The van der Waals surface area contributed by atoms with Gasteiger partial charge in [-0.15, -0.1) is 0 Å². The number of aromatic nitrogens is 2. The summed E-state index contributed by atoms with van der Waals surface area (Å²) >= 11 is 0. The summed E-state index contributed by atoms with van der Waals surface area (Å²) in [5, 5.41) is 168. The van der Waals surface area contributed by atoms with E-state index in [2.05, 4.69) is 36.6 Å². The molecule has 16 atom stereocenters. The van der Waals surface area contributed by atoms with Crippen LogP contribution in [0.5, 0.6) is 0 Å². The fraction of sp³-hybridized carbons (Fsp3) is 0.700. The zero-order valence-corrected chi connectivity index (χ0v) is 44.2. The van der Waals surface area contributed by atoms with Crippen LogP contribution < -0.4 is 32.3 Å². The number of unbranched alkanes of at least 4 members (excludes halogenated alkanes) is 3. The van der Waals surface area contributed by atoms with Crippen molar-refractivity contribution in [2.45, 2.75) is 169 Å². The Balaban J connectivity index is 1.32. The average molecular weight is 1120 g/mol. The van der Waals surface area contributed by atoms with E-state index < -0.39 is 136 Å². The number of H-pyrrole nitrogens is 1. The molecule has 1 aliphatic rings. The highest BCUT2D eigenvalue weighted by Crippen LogP contribution is 2.31. The van der Waals surface area contributed by atoms with E-state index >= 15 is 0 Å². The van der Waals surface area contributed by atoms with Crippen molar-refractivity contribution < 1.29 is 90.9 Å². The Morgan fingerprint density at radius 3 is 2.10 bits per heavy atom. The van der Waals surface area contributed by atoms with Gasteiger partial charge in [-0.05, 0) is 81.1 Å². The van der Waals surface area contributed by atoms with Gasteiger partial charge in [-0.2, -0.15) is 0 Å². The number of nitrogens with zero attached hydrogens (tertiary/aromatic N) is 3. The van der Waals surface area contributed by atoms with E-state index in [4.69, 9.17) is 20.7 Å². The largest absolute Gasteiger partial charge is 0.469 e. The Morgan fingerprint density at radius 1 is 0.808 bits per heavy atom. The summed E-state index contributed by atoms with van der Waals surface area (Å²) in [5.41, 5.74) is 10.0. The zero-order chi connectivity index (χ0) is 57.6. The molecule has 1 aliphatic heterocycles. The van der Waals surface area contributed by atoms with Crippen molar-refractivity contribution in [3.63, 3.8) is 0 Å². The van der Waals surface area contributed by atoms with Crippen molar-refractivity contribution in [3.05, 3.63) is 59.4 Å². The van der Waals surface area contributed by atoms with Crippen LogP contribution in [-0.2, 0) is 27.4 Å². The van der Waals surface area contributed by atoms with E-state index in [1.165, 1.54) is 7.11 Å². The molecule has 28 heteroatoms. The van der Waals surface area contributed by atoms with Gasteiger partial charge >= 0.3 is 5.97 Å². The SMILES string of the molecule is COC(=O)CC1Nc2ccc([C@@H](O)N(C)Cc3nc4ccccc4[nH]3)cc2CN(CCCCCCN[C@H](O)[C@H](CC[C@@H](O)NC[C@@H](O)[C@H](O)[C@@H](O)[C@H](O)CO)N[C@H](O)[C@@H](N)CCC(=O)NC[C@H](O)[C@H](O)[C@H](O)[C@H](O)CO)[C@@H]1O. The first-order valence-electron chi connectivity index (χ1n) is 26.2. The highest BCUT2D eigenvalue weighted by Gasteiger charge is 2.34. The molecule has 2 aromatic carbocycles. The number of anilines is 1. The van der Waals surface area contributed by atoms with E-state index in [-0.39, 0.29) is 38.6 Å². The predicted molar refractivity (Wildman–Crippen MR) is 281 cm³/mol. The number of hydrogen-bond acceptors (Lipinski definition) is 26. The summed E-state index contributed by atoms with van der Waals surface area (Å²) < 4.78 is 4.93. The number of aromatic amines is 1. The van der Waals surface area contributed by atoms with Crippen LogP contribution in [0.15, 0.2) is 42.5 Å². The number of ether oxygens (including phenoxy) is 1. The number of benzene rings is 2. The van der Waals surface area contributed by atoms with Crippen LogP contribution >= 0.6 is 0 Å². The molecule has 0 fully saturated rings. The van der Waals surface area contributed by atoms with Crippen molar-refractivity contribution in [2.24, 2.45) is 5.73 Å². The van der Waals surface area contributed by atoms with Crippen LogP contribution in [0.25, 0.3) is 11.0 Å². The van der Waals surface area contributed by atoms with Crippen LogP contribution in [0.1, 0.15) is 81.0 Å². The fourth-order valence-corrected chi connectivity index (χ4v) is 8.86. The maximum atomic E-state index is 12.5. The summed E-state index contributed by atoms with van der Waals surface area (Å²) in [4.78, 5) is 36.5. The Morgan fingerprint density at radius 2 is 1.45 bits per heavy atom. The van der Waals surface area contributed by atoms with Crippen LogP contribution in [0.2, 0.25) is 0 Å². The number of aliphatic hydroxyl groups excluding tert-OH is 15. The molecule has 0 bridgehead atoms. The van der Waals surface area contributed by atoms with Crippen LogP contribution in [0, 0.1) is 0 Å². The first kappa shape index (κ1) is 66.3. The molecule has 1 aromatic heterocycles. The second kappa shape index (κ2) is 33.5. The quantitative estimate of drug-likeness (QED) is 0.0145. The highest BCUT2D eigenvalue weighted by molar-refractivity contribution is 5.76. The minimum Gasteiger partial charge on any atom is -0.469 e. The van der Waals surface area contributed by atoms with Crippen molar-refractivity contribution in [1.29, 1.82) is 0 Å². The van der Waals surface area contributed by atoms with E-state index in [0.717, 1.165) is 16.6 Å². The Bertz CT molecular complexity index is 2170. The average Bonchev–Trinajstić information content (AvgIpc) is 3.83. The first-order valence-corrected chi connectivity index (χ1v) is 26.2. The van der Waals surface area contributed by atoms with E-state index in [9.17, 15) is 76.0 Å². The normalized spacial score (nSPS) is 20.7. The van der Waals surface area contributed by atoms with Gasteiger partial charge < -0.3 is 103 Å². The first-order chi connectivity index (χ1) is 37.1. The molecule has 2 heterocycles. The highest BCUT2D eigenvalue weighted by atomic mass is 16.5. The van der Waals surface area contributed by atoms with Crippen molar-refractivity contribution in [3.8, 4) is 0 Å². The standard InChI is InChI=1S/C50H86N10O18/c1-59(24-39-56-31-9-5-6-10-32(31)57-39)49(76)27-11-13-30-28(19-27)23-60(50(77)34(55-30)20-42(69)78-2)18-8-4-3-7-17-52-48(75)33(14-16-41(68)54-22-36(64)44(71)46(73)38(66)26-62)58-47(74)29(51)12-15-40(67)53-21-35(63)43(70)45(72)37(65)25-61/h5-6,9-11,13,19,29,33-38,41,43-50,52,54-55,58,61-66,68,70-77H,3-4,7-8,12,14-18,20-26,51H2,1-2H3,(H,53,67)(H,56,57)/t29-,33-,34?,35-,36+,37+,38+,41+,43-,44-,45+,46-,47+,48+,49+,50+/m0/s1. The monoisotopic (exact) mass is 1110 g/mol. The van der Waals surface area contributed by atoms with Gasteiger partial charge in [0.25, 0.3) is 0 Å². The number of methoxy groups -OCH3 is 1. The predicted octanol–water partition coefficient (Wildman–Crippen LogP) is -6.31. The summed E-state index contributed by atoms with van der Waals surface area (Å²) in [5.74, 6) is -0.475. The molecule has 0 radical (unpaired) electrons. The number of hydrogen-bond donors (Lipinski definition) is 22. The van der Waals surface area contributed by atoms with Gasteiger partial charge in [-0.25, -0.2) is 4.98 Å². The topological polar surface area (TPSA) is 468 Å². The third-order valence-corrected chi connectivity index (χ3v) is 13.8. The van der Waals surface area contributed by atoms with Gasteiger partial charge in [-0.3, -0.25) is 35.3 Å². The summed E-state index contributed by atoms with van der Waals surface area (Å²) in [6, 6.07) is 10.3. The van der Waals surface area contributed by atoms with Crippen molar-refractivity contribution in [2.75, 3.05) is 58.9 Å². The number of nitrogens with two attached hydrogens (primary N) is 1. The Kier molecular flexibility index (Phi) is 28.5. The molecule has 0 saturated heterocycles. The molecule has 3 aromatic rings. The summed E-state index contributed by atoms with van der Waals surface area (Å²) in [7, 11) is 3.06. The van der Waals surface area contributed by atoms with E-state index in [1.807, 2.05) is 41.3 Å². The fourth-order valence-electron chi connectivity index (χ4n) is 8.86. The molecule has 0 saturated carbocycles. The van der Waals surface area contributed by atoms with Crippen LogP contribution in [-0.4, -0.2) is 254 Å². The second-order valence-electron chi connectivity index (χ2n) is 20.0. The van der Waals surface area contributed by atoms with Gasteiger partial charge in [0, 0.05) is 50.4 Å². The lowest BCUT2D eigenvalue weighted by molar-refractivity contribution is -0.142. The molecular formula is C50H86N10O18. The molecule has 444 valence electrons. The van der Waals surface area contributed by atoms with Crippen molar-refractivity contribution >= 4 is 28.6 Å². The summed E-state index contributed by atoms with van der Waals surface area (Å²) in [6.07, 6.45) is -18.8. The minimum absolute atomic E-state index is 0.0408. The maximum absolute atomic E-state index is 12.5. The third-order valence-electron chi connectivity index (χ3n) is 13.8. The molecule has 28 nitrogen and oxygen atoms in total. The van der Waals surface area contributed by atoms with Gasteiger partial charge in [0.2, 0.25) is 5.91 Å². The smallest absolute Gasteiger partial charge is 0.307 e. The number of aliphatic hydroxyl groups is 15. The Labute approximate surface area is 452 Å². The number of para-hydroxylation sites is 2. The molecule has 0 aliphatic carbocycles. The number of fused-ring (bicyclic) bond motifs is 2. The van der Waals surface area contributed by atoms with E-state index in [1.54, 1.807) is 18.0 Å². The number of esters is 1. The molecular weight excluding hydrogens is 1030 g/mol. The van der Waals surface area contributed by atoms with Crippen molar-refractivity contribution in [1.82, 2.24) is 41.0 Å². The van der Waals surface area contributed by atoms with Crippen LogP contribution in [0.4, 0.5) is 5.69 Å². The summed E-state index contributed by atoms with van der Waals surface area (Å²) in [6.45, 7) is -1.41. The number of nitrogens with one attached hydrogen (secondary N) is 6. The van der Waals surface area contributed by atoms with E-state index in [0.29, 0.717) is 62.4 Å². The number of imidazole rings is 1. The lowest BCUT2D eigenvalue weighted by atomic mass is 10.0. The lowest BCUT2D eigenvalue weighted by Crippen LogP contribution is -2.56. The molecule has 78 heavy (non-hydrogen) atoms. The number of rotatable bonds is 37. The van der Waals surface area contributed by atoms with Crippen LogP contribution in [0.3, 0.4) is 0 Å². The lowest BCUT2D eigenvalue weighted by Gasteiger charge is -2.31. The van der Waals surface area contributed by atoms with Gasteiger partial charge in [0.05, 0.1) is 62.6 Å². The maximum Gasteiger partial charge on any atom is 0.307 e. The second-order valence-corrected chi connectivity index (χ2v) is 20.0. The minimum atomic E-state index is -1.90. The number of carbonyl (C=O) groups excluding carboxylic acids is 2. The molecule has 23 N–H and O–H groups in total. The third kappa shape index (κ3) is 20.7. The molecule has 0 spiro atoms. The number of amides is 1.